The second-order valence-corrected chi connectivity index (χ2v) is 7.24. The lowest BCUT2D eigenvalue weighted by atomic mass is 9.90. The number of pyridine rings is 1. The van der Waals surface area contributed by atoms with Crippen LogP contribution in [0.5, 0.6) is 0 Å². The van der Waals surface area contributed by atoms with E-state index in [1.807, 2.05) is 42.2 Å². The molecule has 1 aliphatic carbocycles. The molecule has 0 spiro atoms. The van der Waals surface area contributed by atoms with E-state index >= 15 is 0 Å². The number of nitrogens with zero attached hydrogens (tertiary/aromatic N) is 1. The summed E-state index contributed by atoms with van der Waals surface area (Å²) in [5.74, 6) is -0.178. The van der Waals surface area contributed by atoms with E-state index in [-0.39, 0.29) is 29.2 Å². The van der Waals surface area contributed by atoms with Crippen molar-refractivity contribution in [2.45, 2.75) is 44.8 Å². The van der Waals surface area contributed by atoms with Gasteiger partial charge in [0.15, 0.2) is 0 Å². The van der Waals surface area contributed by atoms with Crippen molar-refractivity contribution in [1.82, 2.24) is 9.88 Å². The molecule has 4 rings (SSSR count). The van der Waals surface area contributed by atoms with Gasteiger partial charge in [0.2, 0.25) is 0 Å². The number of benzene rings is 1. The predicted molar refractivity (Wildman–Crippen MR) is 100 cm³/mol. The number of aromatic amines is 1. The molecule has 2 unspecified atom stereocenters. The van der Waals surface area contributed by atoms with Gasteiger partial charge in [0.05, 0.1) is 18.8 Å². The van der Waals surface area contributed by atoms with E-state index in [0.29, 0.717) is 13.2 Å². The summed E-state index contributed by atoms with van der Waals surface area (Å²) in [6, 6.07) is 11.5. The SMILES string of the molecule is Cc1cccc(-c2ccc(C(=O)N3CCOC4CCCCC43)c(=O)[nH]2)c1. The first kappa shape index (κ1) is 17.0. The predicted octanol–water partition coefficient (Wildman–Crippen LogP) is 3.13. The Morgan fingerprint density at radius 1 is 1.19 bits per heavy atom. The Kier molecular flexibility index (Phi) is 4.64. The van der Waals surface area contributed by atoms with E-state index in [9.17, 15) is 9.59 Å². The fourth-order valence-electron chi connectivity index (χ4n) is 4.13. The van der Waals surface area contributed by atoms with Crippen LogP contribution in [-0.2, 0) is 4.74 Å². The molecule has 2 aliphatic rings. The Labute approximate surface area is 153 Å². The second kappa shape index (κ2) is 7.08. The summed E-state index contributed by atoms with van der Waals surface area (Å²) in [5, 5.41) is 0. The van der Waals surface area contributed by atoms with Crippen LogP contribution in [0.2, 0.25) is 0 Å². The van der Waals surface area contributed by atoms with Crippen LogP contribution in [0.15, 0.2) is 41.2 Å². The van der Waals surface area contributed by atoms with Crippen LogP contribution in [0, 0.1) is 6.92 Å². The molecule has 2 fully saturated rings. The molecule has 1 N–H and O–H groups in total. The van der Waals surface area contributed by atoms with E-state index in [0.717, 1.165) is 42.5 Å². The maximum atomic E-state index is 13.0. The lowest BCUT2D eigenvalue weighted by Gasteiger charge is -2.43. The van der Waals surface area contributed by atoms with Crippen LogP contribution in [0.4, 0.5) is 0 Å². The quantitative estimate of drug-likeness (QED) is 0.903. The smallest absolute Gasteiger partial charge is 0.261 e. The molecule has 2 heterocycles. The fraction of sp³-hybridized carbons (Fsp3) is 0.429. The van der Waals surface area contributed by atoms with Crippen molar-refractivity contribution in [2.75, 3.05) is 13.2 Å². The number of fused-ring (bicyclic) bond motifs is 1. The minimum Gasteiger partial charge on any atom is -0.374 e. The van der Waals surface area contributed by atoms with E-state index in [4.69, 9.17) is 4.74 Å². The van der Waals surface area contributed by atoms with Crippen LogP contribution < -0.4 is 5.56 Å². The summed E-state index contributed by atoms with van der Waals surface area (Å²) in [4.78, 5) is 30.4. The number of morpholine rings is 1. The van der Waals surface area contributed by atoms with Crippen LogP contribution in [-0.4, -0.2) is 41.1 Å². The first-order valence-corrected chi connectivity index (χ1v) is 9.36. The number of amides is 1. The van der Waals surface area contributed by atoms with Gasteiger partial charge in [-0.05, 0) is 43.5 Å². The Balaban J connectivity index is 1.61. The Bertz CT molecular complexity index is 872. The van der Waals surface area contributed by atoms with Crippen molar-refractivity contribution in [2.24, 2.45) is 0 Å². The van der Waals surface area contributed by atoms with Gasteiger partial charge < -0.3 is 14.6 Å². The summed E-state index contributed by atoms with van der Waals surface area (Å²) in [7, 11) is 0. The van der Waals surface area contributed by atoms with Gasteiger partial charge in [0, 0.05) is 12.2 Å². The van der Waals surface area contributed by atoms with Crippen LogP contribution in [0.25, 0.3) is 11.3 Å². The van der Waals surface area contributed by atoms with E-state index in [1.165, 1.54) is 0 Å². The largest absolute Gasteiger partial charge is 0.374 e. The van der Waals surface area contributed by atoms with Crippen molar-refractivity contribution in [1.29, 1.82) is 0 Å². The molecule has 1 saturated heterocycles. The topological polar surface area (TPSA) is 62.4 Å². The molecule has 136 valence electrons. The van der Waals surface area contributed by atoms with Gasteiger partial charge in [-0.1, -0.05) is 36.6 Å². The highest BCUT2D eigenvalue weighted by Gasteiger charge is 2.37. The highest BCUT2D eigenvalue weighted by Crippen LogP contribution is 2.29. The van der Waals surface area contributed by atoms with E-state index in [2.05, 4.69) is 4.98 Å². The third kappa shape index (κ3) is 3.19. The molecule has 1 amide bonds. The first-order chi connectivity index (χ1) is 12.6. The number of H-pyrrole nitrogens is 1. The molecule has 26 heavy (non-hydrogen) atoms. The summed E-state index contributed by atoms with van der Waals surface area (Å²) in [6.07, 6.45) is 4.32. The number of ether oxygens (including phenoxy) is 1. The van der Waals surface area contributed by atoms with Crippen molar-refractivity contribution in [3.05, 3.63) is 57.9 Å². The number of rotatable bonds is 2. The zero-order valence-corrected chi connectivity index (χ0v) is 15.0. The maximum absolute atomic E-state index is 13.0. The summed E-state index contributed by atoms with van der Waals surface area (Å²) >= 11 is 0. The zero-order chi connectivity index (χ0) is 18.1. The van der Waals surface area contributed by atoms with Crippen molar-refractivity contribution in [3.63, 3.8) is 0 Å². The normalized spacial score (nSPS) is 22.7. The Morgan fingerprint density at radius 3 is 2.85 bits per heavy atom. The molecule has 1 aliphatic heterocycles. The molecule has 2 aromatic rings. The lowest BCUT2D eigenvalue weighted by Crippen LogP contribution is -2.55. The number of hydrogen-bond acceptors (Lipinski definition) is 3. The minimum atomic E-state index is -0.326. The highest BCUT2D eigenvalue weighted by atomic mass is 16.5. The molecule has 2 atom stereocenters. The van der Waals surface area contributed by atoms with Gasteiger partial charge in [-0.25, -0.2) is 0 Å². The van der Waals surface area contributed by atoms with E-state index < -0.39 is 0 Å². The highest BCUT2D eigenvalue weighted by molar-refractivity contribution is 5.94. The molecule has 0 bridgehead atoms. The second-order valence-electron chi connectivity index (χ2n) is 7.24. The van der Waals surface area contributed by atoms with Crippen LogP contribution in [0.1, 0.15) is 41.6 Å². The van der Waals surface area contributed by atoms with Crippen molar-refractivity contribution >= 4 is 5.91 Å². The summed E-state index contributed by atoms with van der Waals surface area (Å²) < 4.78 is 5.84. The number of aromatic nitrogens is 1. The van der Waals surface area contributed by atoms with Gasteiger partial charge in [-0.3, -0.25) is 9.59 Å². The standard InChI is InChI=1S/C21H24N2O3/c1-14-5-4-6-15(13-14)17-10-9-16(20(24)22-17)21(25)23-11-12-26-19-8-3-2-7-18(19)23/h4-6,9-10,13,18-19H,2-3,7-8,11-12H2,1H3,(H,22,24). The molecule has 0 radical (unpaired) electrons. The van der Waals surface area contributed by atoms with Crippen molar-refractivity contribution in [3.8, 4) is 11.3 Å². The number of carbonyl (C=O) groups excluding carboxylic acids is 1. The minimum absolute atomic E-state index is 0.0980. The molecular weight excluding hydrogens is 328 g/mol. The fourth-order valence-corrected chi connectivity index (χ4v) is 4.13. The molecular formula is C21H24N2O3. The lowest BCUT2D eigenvalue weighted by molar-refractivity contribution is -0.0753. The average molecular weight is 352 g/mol. The zero-order valence-electron chi connectivity index (χ0n) is 15.0. The number of hydrogen-bond donors (Lipinski definition) is 1. The Morgan fingerprint density at radius 2 is 2.04 bits per heavy atom. The van der Waals surface area contributed by atoms with Gasteiger partial charge in [-0.15, -0.1) is 0 Å². The number of aryl methyl sites for hydroxylation is 1. The molecule has 1 saturated carbocycles. The van der Waals surface area contributed by atoms with Gasteiger partial charge >= 0.3 is 0 Å². The summed E-state index contributed by atoms with van der Waals surface area (Å²) in [6.45, 7) is 3.11. The summed E-state index contributed by atoms with van der Waals surface area (Å²) in [5.41, 5.74) is 2.69. The molecule has 1 aromatic carbocycles. The van der Waals surface area contributed by atoms with Gasteiger partial charge in [-0.2, -0.15) is 0 Å². The van der Waals surface area contributed by atoms with Crippen molar-refractivity contribution < 1.29 is 9.53 Å². The molecule has 1 aromatic heterocycles. The molecule has 5 heteroatoms. The third-order valence-corrected chi connectivity index (χ3v) is 5.46. The van der Waals surface area contributed by atoms with Crippen LogP contribution >= 0.6 is 0 Å². The number of nitrogens with one attached hydrogen (secondary N) is 1. The monoisotopic (exact) mass is 352 g/mol. The van der Waals surface area contributed by atoms with Crippen LogP contribution in [0.3, 0.4) is 0 Å². The van der Waals surface area contributed by atoms with Gasteiger partial charge in [0.25, 0.3) is 11.5 Å². The third-order valence-electron chi connectivity index (χ3n) is 5.46. The van der Waals surface area contributed by atoms with E-state index in [1.54, 1.807) is 6.07 Å². The Hall–Kier alpha value is -2.40. The average Bonchev–Trinajstić information content (AvgIpc) is 2.67. The maximum Gasteiger partial charge on any atom is 0.261 e. The molecule has 5 nitrogen and oxygen atoms in total. The first-order valence-electron chi connectivity index (χ1n) is 9.36. The number of carbonyl (C=O) groups is 1. The van der Waals surface area contributed by atoms with Gasteiger partial charge in [0.1, 0.15) is 5.56 Å².